The zero-order chi connectivity index (χ0) is 22.9. The molecule has 1 aliphatic heterocycles. The molecule has 0 saturated carbocycles. The molecule has 5 aromatic rings. The fourth-order valence-electron chi connectivity index (χ4n) is 5.20. The molecule has 0 aliphatic carbocycles. The Bertz CT molecular complexity index is 1530. The lowest BCUT2D eigenvalue weighted by atomic mass is 9.90. The first kappa shape index (κ1) is 19.7. The Morgan fingerprint density at radius 1 is 1.12 bits per heavy atom. The van der Waals surface area contributed by atoms with Crippen LogP contribution in [0.1, 0.15) is 41.4 Å². The number of pyridine rings is 1. The highest BCUT2D eigenvalue weighted by Crippen LogP contribution is 2.44. The van der Waals surface area contributed by atoms with E-state index in [0.717, 1.165) is 67.5 Å². The summed E-state index contributed by atoms with van der Waals surface area (Å²) in [6.45, 7) is 7.97. The molecule has 5 heterocycles. The molecule has 33 heavy (non-hydrogen) atoms. The minimum atomic E-state index is 0.0828. The molecule has 8 heteroatoms. The fraction of sp³-hybridized carbons (Fsp3) is 0.280. The van der Waals surface area contributed by atoms with Crippen LogP contribution in [0.3, 0.4) is 0 Å². The van der Waals surface area contributed by atoms with Gasteiger partial charge < -0.3 is 19.6 Å². The van der Waals surface area contributed by atoms with E-state index in [-0.39, 0.29) is 12.0 Å². The van der Waals surface area contributed by atoms with Gasteiger partial charge in [0.05, 0.1) is 35.9 Å². The summed E-state index contributed by atoms with van der Waals surface area (Å²) in [5.74, 6) is 2.33. The smallest absolute Gasteiger partial charge is 0.142 e. The highest BCUT2D eigenvalue weighted by molar-refractivity contribution is 6.09. The number of nitrogens with one attached hydrogen (secondary N) is 2. The summed E-state index contributed by atoms with van der Waals surface area (Å²) in [4.78, 5) is 17.5. The lowest BCUT2D eigenvalue weighted by Gasteiger charge is -2.17. The van der Waals surface area contributed by atoms with E-state index < -0.39 is 0 Å². The second kappa shape index (κ2) is 7.03. The third kappa shape index (κ3) is 2.83. The number of benzene rings is 1. The van der Waals surface area contributed by atoms with Gasteiger partial charge in [-0.1, -0.05) is 5.16 Å². The number of anilines is 1. The maximum atomic E-state index is 5.83. The summed E-state index contributed by atoms with van der Waals surface area (Å²) in [7, 11) is 1.69. The van der Waals surface area contributed by atoms with Crippen LogP contribution in [-0.4, -0.2) is 38.2 Å². The molecule has 1 aliphatic rings. The Balaban J connectivity index is 1.65. The van der Waals surface area contributed by atoms with Crippen LogP contribution in [0.15, 0.2) is 35.1 Å². The number of fused-ring (bicyclic) bond motifs is 4. The van der Waals surface area contributed by atoms with Crippen LogP contribution in [0.2, 0.25) is 0 Å². The van der Waals surface area contributed by atoms with Crippen molar-refractivity contribution in [2.24, 2.45) is 0 Å². The van der Waals surface area contributed by atoms with Gasteiger partial charge in [0, 0.05) is 40.0 Å². The third-order valence-corrected chi connectivity index (χ3v) is 6.58. The standard InChI is InChI=1S/C25H24N6O2/c1-11-22(15-6-7-26-10-19(15)27-11)24-23-16-9-20(32-5)17(21-12(2)31-33-13(21)3)8-18(16)30-25(23)29-14(4)28-24/h6-11,22,27H,1-5H3,(H,28,29,30). The van der Waals surface area contributed by atoms with E-state index in [1.807, 2.05) is 33.2 Å². The average Bonchev–Trinajstić information content (AvgIpc) is 3.43. The summed E-state index contributed by atoms with van der Waals surface area (Å²) in [6, 6.07) is 6.41. The molecule has 0 fully saturated rings. The summed E-state index contributed by atoms with van der Waals surface area (Å²) < 4.78 is 11.2. The number of aryl methyl sites for hydroxylation is 3. The van der Waals surface area contributed by atoms with Crippen LogP contribution in [0.4, 0.5) is 5.69 Å². The molecule has 6 rings (SSSR count). The predicted molar refractivity (Wildman–Crippen MR) is 127 cm³/mol. The van der Waals surface area contributed by atoms with Crippen molar-refractivity contribution in [3.8, 4) is 16.9 Å². The molecule has 0 radical (unpaired) electrons. The van der Waals surface area contributed by atoms with Crippen molar-refractivity contribution in [3.05, 3.63) is 59.1 Å². The average molecular weight is 441 g/mol. The van der Waals surface area contributed by atoms with E-state index in [4.69, 9.17) is 19.2 Å². The van der Waals surface area contributed by atoms with Crippen molar-refractivity contribution < 1.29 is 9.26 Å². The van der Waals surface area contributed by atoms with Crippen molar-refractivity contribution in [2.75, 3.05) is 12.4 Å². The second-order valence-corrected chi connectivity index (χ2v) is 8.68. The van der Waals surface area contributed by atoms with Crippen molar-refractivity contribution in [1.29, 1.82) is 0 Å². The molecule has 1 aromatic carbocycles. The normalized spacial score (nSPS) is 17.5. The molecule has 2 unspecified atom stereocenters. The first-order valence-corrected chi connectivity index (χ1v) is 11.0. The van der Waals surface area contributed by atoms with Gasteiger partial charge in [-0.2, -0.15) is 0 Å². The van der Waals surface area contributed by atoms with E-state index in [0.29, 0.717) is 0 Å². The van der Waals surface area contributed by atoms with Crippen LogP contribution in [-0.2, 0) is 0 Å². The number of H-pyrrole nitrogens is 1. The molecule has 4 aromatic heterocycles. The van der Waals surface area contributed by atoms with E-state index in [2.05, 4.69) is 45.6 Å². The summed E-state index contributed by atoms with van der Waals surface area (Å²) in [5, 5.41) is 9.73. The van der Waals surface area contributed by atoms with Gasteiger partial charge in [-0.05, 0) is 51.5 Å². The van der Waals surface area contributed by atoms with Crippen LogP contribution in [0, 0.1) is 20.8 Å². The quantitative estimate of drug-likeness (QED) is 0.405. The number of rotatable bonds is 3. The lowest BCUT2D eigenvalue weighted by Crippen LogP contribution is -2.18. The first-order valence-electron chi connectivity index (χ1n) is 11.0. The van der Waals surface area contributed by atoms with Crippen molar-refractivity contribution in [3.63, 3.8) is 0 Å². The van der Waals surface area contributed by atoms with Gasteiger partial charge in [-0.15, -0.1) is 0 Å². The van der Waals surface area contributed by atoms with E-state index in [1.54, 1.807) is 7.11 Å². The topological polar surface area (TPSA) is 102 Å². The second-order valence-electron chi connectivity index (χ2n) is 8.68. The molecular formula is C25H24N6O2. The minimum absolute atomic E-state index is 0.0828. The van der Waals surface area contributed by atoms with E-state index in [9.17, 15) is 0 Å². The summed E-state index contributed by atoms with van der Waals surface area (Å²) in [5.41, 5.74) is 7.75. The highest BCUT2D eigenvalue weighted by Gasteiger charge is 2.34. The molecule has 166 valence electrons. The molecule has 0 bridgehead atoms. The number of hydrogen-bond acceptors (Lipinski definition) is 7. The Morgan fingerprint density at radius 2 is 1.97 bits per heavy atom. The van der Waals surface area contributed by atoms with Gasteiger partial charge in [0.2, 0.25) is 0 Å². The SMILES string of the molecule is COc1cc2c(cc1-c1c(C)noc1C)[nH]c1nc(C)nc(C3c4ccncc4NC3C)c12. The molecule has 2 N–H and O–H groups in total. The highest BCUT2D eigenvalue weighted by atomic mass is 16.5. The number of hydrogen-bond donors (Lipinski definition) is 2. The van der Waals surface area contributed by atoms with Crippen LogP contribution < -0.4 is 10.1 Å². The fourth-order valence-corrected chi connectivity index (χ4v) is 5.20. The van der Waals surface area contributed by atoms with Gasteiger partial charge in [-0.3, -0.25) is 4.98 Å². The number of ether oxygens (including phenoxy) is 1. The maximum absolute atomic E-state index is 5.83. The van der Waals surface area contributed by atoms with E-state index >= 15 is 0 Å². The third-order valence-electron chi connectivity index (χ3n) is 6.58. The predicted octanol–water partition coefficient (Wildman–Crippen LogP) is 5.04. The van der Waals surface area contributed by atoms with Crippen LogP contribution in [0.25, 0.3) is 33.1 Å². The number of methoxy groups -OCH3 is 1. The number of aromatic nitrogens is 5. The molecule has 0 amide bonds. The molecule has 0 saturated heterocycles. The van der Waals surface area contributed by atoms with Crippen molar-refractivity contribution in [1.82, 2.24) is 25.1 Å². The Labute approximate surface area is 190 Å². The van der Waals surface area contributed by atoms with Crippen molar-refractivity contribution in [2.45, 2.75) is 39.7 Å². The number of nitrogens with zero attached hydrogens (tertiary/aromatic N) is 4. The molecule has 2 atom stereocenters. The van der Waals surface area contributed by atoms with Crippen LogP contribution in [0.5, 0.6) is 5.75 Å². The lowest BCUT2D eigenvalue weighted by molar-refractivity contribution is 0.393. The molecular weight excluding hydrogens is 416 g/mol. The van der Waals surface area contributed by atoms with Gasteiger partial charge in [0.1, 0.15) is 23.0 Å². The van der Waals surface area contributed by atoms with Gasteiger partial charge in [0.15, 0.2) is 0 Å². The summed E-state index contributed by atoms with van der Waals surface area (Å²) in [6.07, 6.45) is 3.72. The summed E-state index contributed by atoms with van der Waals surface area (Å²) >= 11 is 0. The largest absolute Gasteiger partial charge is 0.496 e. The molecule has 8 nitrogen and oxygen atoms in total. The van der Waals surface area contributed by atoms with Crippen LogP contribution >= 0.6 is 0 Å². The van der Waals surface area contributed by atoms with Gasteiger partial charge in [-0.25, -0.2) is 9.97 Å². The Kier molecular flexibility index (Phi) is 4.20. The van der Waals surface area contributed by atoms with Gasteiger partial charge in [0.25, 0.3) is 0 Å². The number of aromatic amines is 1. The van der Waals surface area contributed by atoms with Gasteiger partial charge >= 0.3 is 0 Å². The zero-order valence-corrected chi connectivity index (χ0v) is 19.1. The zero-order valence-electron chi connectivity index (χ0n) is 19.1. The Morgan fingerprint density at radius 3 is 2.73 bits per heavy atom. The molecule has 0 spiro atoms. The Hall–Kier alpha value is -3.94. The maximum Gasteiger partial charge on any atom is 0.142 e. The first-order chi connectivity index (χ1) is 16.0. The monoisotopic (exact) mass is 440 g/mol. The van der Waals surface area contributed by atoms with Crippen molar-refractivity contribution >= 4 is 27.6 Å². The minimum Gasteiger partial charge on any atom is -0.496 e. The van der Waals surface area contributed by atoms with E-state index in [1.165, 1.54) is 5.56 Å².